The molecule has 0 fully saturated rings. The Hall–Kier alpha value is -2.62. The van der Waals surface area contributed by atoms with Crippen molar-refractivity contribution in [1.82, 2.24) is 0 Å². The maximum atomic E-state index is 10.9. The van der Waals surface area contributed by atoms with E-state index < -0.39 is 0 Å². The topological polar surface area (TPSA) is 46.4 Å². The van der Waals surface area contributed by atoms with Gasteiger partial charge in [-0.05, 0) is 29.8 Å². The quantitative estimate of drug-likeness (QED) is 0.481. The summed E-state index contributed by atoms with van der Waals surface area (Å²) in [5, 5.41) is 10.9. The highest BCUT2D eigenvalue weighted by molar-refractivity contribution is 5.74. The molecule has 4 heteroatoms. The van der Waals surface area contributed by atoms with Gasteiger partial charge in [-0.25, -0.2) is 0 Å². The van der Waals surface area contributed by atoms with Crippen molar-refractivity contribution < 1.29 is 4.92 Å². The molecule has 0 saturated carbocycles. The Bertz CT molecular complexity index is 631. The van der Waals surface area contributed by atoms with E-state index >= 15 is 0 Å². The molecule has 0 spiro atoms. The predicted molar refractivity (Wildman–Crippen MR) is 82.8 cm³/mol. The number of benzene rings is 2. The number of hydrogen-bond donors (Lipinski definition) is 0. The number of nitrogens with zero attached hydrogens (tertiary/aromatic N) is 2. The maximum Gasteiger partial charge on any atom is 0.276 e. The largest absolute Gasteiger partial charge is 0.378 e. The Kier molecular flexibility index (Phi) is 4.15. The van der Waals surface area contributed by atoms with E-state index in [0.717, 1.165) is 11.3 Å². The fourth-order valence-electron chi connectivity index (χ4n) is 1.86. The summed E-state index contributed by atoms with van der Waals surface area (Å²) in [5.41, 5.74) is 2.85. The fraction of sp³-hybridized carbons (Fsp3) is 0.125. The molecule has 0 N–H and O–H groups in total. The Morgan fingerprint density at radius 3 is 2.25 bits per heavy atom. The zero-order valence-electron chi connectivity index (χ0n) is 11.5. The SMILES string of the molecule is CN(C)c1ccc(C=Cc2ccccc2[N+](=O)[O-])cc1. The number of anilines is 1. The van der Waals surface area contributed by atoms with Gasteiger partial charge in [0, 0.05) is 25.8 Å². The van der Waals surface area contributed by atoms with E-state index in [-0.39, 0.29) is 10.6 Å². The number of rotatable bonds is 4. The number of hydrogen-bond acceptors (Lipinski definition) is 3. The number of para-hydroxylation sites is 1. The molecule has 0 bridgehead atoms. The maximum absolute atomic E-state index is 10.9. The standard InChI is InChI=1S/C16H16N2O2/c1-17(2)15-11-8-13(9-12-15)7-10-14-5-3-4-6-16(14)18(19)20/h3-12H,1-2H3. The van der Waals surface area contributed by atoms with Gasteiger partial charge < -0.3 is 4.90 Å². The van der Waals surface area contributed by atoms with Crippen LogP contribution >= 0.6 is 0 Å². The van der Waals surface area contributed by atoms with Gasteiger partial charge in [-0.15, -0.1) is 0 Å². The van der Waals surface area contributed by atoms with E-state index in [1.54, 1.807) is 24.3 Å². The summed E-state index contributed by atoms with van der Waals surface area (Å²) in [4.78, 5) is 12.6. The van der Waals surface area contributed by atoms with Crippen molar-refractivity contribution in [3.63, 3.8) is 0 Å². The van der Waals surface area contributed by atoms with E-state index in [1.807, 2.05) is 49.3 Å². The molecule has 4 nitrogen and oxygen atoms in total. The van der Waals surface area contributed by atoms with E-state index in [0.29, 0.717) is 5.56 Å². The number of nitro groups is 1. The average Bonchev–Trinajstić information content (AvgIpc) is 2.45. The van der Waals surface area contributed by atoms with Crippen LogP contribution in [0.5, 0.6) is 0 Å². The highest BCUT2D eigenvalue weighted by atomic mass is 16.6. The first-order valence-electron chi connectivity index (χ1n) is 6.27. The third kappa shape index (κ3) is 3.23. The van der Waals surface area contributed by atoms with Gasteiger partial charge >= 0.3 is 0 Å². The summed E-state index contributed by atoms with van der Waals surface area (Å²) in [6.45, 7) is 0. The summed E-state index contributed by atoms with van der Waals surface area (Å²) in [5.74, 6) is 0. The van der Waals surface area contributed by atoms with Gasteiger partial charge in [0.25, 0.3) is 5.69 Å². The molecule has 2 rings (SSSR count). The van der Waals surface area contributed by atoms with Crippen LogP contribution in [0.1, 0.15) is 11.1 Å². The Balaban J connectivity index is 2.23. The molecule has 0 aliphatic heterocycles. The number of nitro benzene ring substituents is 1. The van der Waals surface area contributed by atoms with Crippen LogP contribution in [-0.2, 0) is 0 Å². The zero-order valence-corrected chi connectivity index (χ0v) is 11.5. The van der Waals surface area contributed by atoms with Crippen molar-refractivity contribution in [1.29, 1.82) is 0 Å². The third-order valence-electron chi connectivity index (χ3n) is 3.00. The van der Waals surface area contributed by atoms with Crippen molar-refractivity contribution in [3.05, 3.63) is 69.8 Å². The second kappa shape index (κ2) is 6.02. The minimum atomic E-state index is -0.366. The minimum absolute atomic E-state index is 0.119. The summed E-state index contributed by atoms with van der Waals surface area (Å²) < 4.78 is 0. The summed E-state index contributed by atoms with van der Waals surface area (Å²) in [6, 6.07) is 14.7. The minimum Gasteiger partial charge on any atom is -0.378 e. The highest BCUT2D eigenvalue weighted by Crippen LogP contribution is 2.21. The van der Waals surface area contributed by atoms with Crippen LogP contribution in [-0.4, -0.2) is 19.0 Å². The van der Waals surface area contributed by atoms with Crippen molar-refractivity contribution in [3.8, 4) is 0 Å². The van der Waals surface area contributed by atoms with Crippen LogP contribution in [0.25, 0.3) is 12.2 Å². The third-order valence-corrected chi connectivity index (χ3v) is 3.00. The molecule has 0 aliphatic rings. The van der Waals surface area contributed by atoms with Gasteiger partial charge in [-0.1, -0.05) is 30.3 Å². The van der Waals surface area contributed by atoms with Gasteiger partial charge in [0.05, 0.1) is 10.5 Å². The molecule has 0 aliphatic carbocycles. The van der Waals surface area contributed by atoms with Gasteiger partial charge in [0.1, 0.15) is 0 Å². The molecule has 102 valence electrons. The van der Waals surface area contributed by atoms with Crippen molar-refractivity contribution in [2.24, 2.45) is 0 Å². The molecule has 0 unspecified atom stereocenters. The molecule has 2 aromatic rings. The first-order valence-corrected chi connectivity index (χ1v) is 6.27. The van der Waals surface area contributed by atoms with E-state index in [2.05, 4.69) is 0 Å². The van der Waals surface area contributed by atoms with Crippen molar-refractivity contribution in [2.75, 3.05) is 19.0 Å². The first kappa shape index (κ1) is 13.8. The van der Waals surface area contributed by atoms with Crippen LogP contribution in [0.3, 0.4) is 0 Å². The molecule has 0 saturated heterocycles. The molecule has 20 heavy (non-hydrogen) atoms. The molecule has 0 radical (unpaired) electrons. The lowest BCUT2D eigenvalue weighted by atomic mass is 10.1. The predicted octanol–water partition coefficient (Wildman–Crippen LogP) is 3.83. The van der Waals surface area contributed by atoms with E-state index in [1.165, 1.54) is 6.07 Å². The lowest BCUT2D eigenvalue weighted by Crippen LogP contribution is -2.07. The van der Waals surface area contributed by atoms with Crippen LogP contribution in [0.2, 0.25) is 0 Å². The highest BCUT2D eigenvalue weighted by Gasteiger charge is 2.08. The molecule has 0 aromatic heterocycles. The molecule has 0 heterocycles. The molecular weight excluding hydrogens is 252 g/mol. The molecule has 2 aromatic carbocycles. The fourth-order valence-corrected chi connectivity index (χ4v) is 1.86. The van der Waals surface area contributed by atoms with Gasteiger partial charge in [0.15, 0.2) is 0 Å². The van der Waals surface area contributed by atoms with E-state index in [4.69, 9.17) is 0 Å². The summed E-state index contributed by atoms with van der Waals surface area (Å²) in [7, 11) is 3.97. The monoisotopic (exact) mass is 268 g/mol. The smallest absolute Gasteiger partial charge is 0.276 e. The van der Waals surface area contributed by atoms with Gasteiger partial charge in [-0.2, -0.15) is 0 Å². The summed E-state index contributed by atoms with van der Waals surface area (Å²) >= 11 is 0. The van der Waals surface area contributed by atoms with Crippen molar-refractivity contribution in [2.45, 2.75) is 0 Å². The van der Waals surface area contributed by atoms with Crippen LogP contribution in [0, 0.1) is 10.1 Å². The Morgan fingerprint density at radius 2 is 1.65 bits per heavy atom. The van der Waals surface area contributed by atoms with Crippen molar-refractivity contribution >= 4 is 23.5 Å². The average molecular weight is 268 g/mol. The first-order chi connectivity index (χ1) is 9.58. The lowest BCUT2D eigenvalue weighted by Gasteiger charge is -2.11. The van der Waals surface area contributed by atoms with Gasteiger partial charge in [0.2, 0.25) is 0 Å². The van der Waals surface area contributed by atoms with Gasteiger partial charge in [-0.3, -0.25) is 10.1 Å². The molecule has 0 amide bonds. The summed E-state index contributed by atoms with van der Waals surface area (Å²) in [6.07, 6.45) is 3.64. The van der Waals surface area contributed by atoms with Crippen LogP contribution in [0.4, 0.5) is 11.4 Å². The second-order valence-corrected chi connectivity index (χ2v) is 4.64. The van der Waals surface area contributed by atoms with E-state index in [9.17, 15) is 10.1 Å². The van der Waals surface area contributed by atoms with Crippen LogP contribution in [0.15, 0.2) is 48.5 Å². The molecular formula is C16H16N2O2. The zero-order chi connectivity index (χ0) is 14.5. The lowest BCUT2D eigenvalue weighted by molar-refractivity contribution is -0.385. The normalized spacial score (nSPS) is 10.7. The van der Waals surface area contributed by atoms with Crippen LogP contribution < -0.4 is 4.90 Å². The Labute approximate surface area is 118 Å². The molecule has 0 atom stereocenters. The second-order valence-electron chi connectivity index (χ2n) is 4.64. The Morgan fingerprint density at radius 1 is 1.00 bits per heavy atom.